The van der Waals surface area contributed by atoms with E-state index in [1.165, 1.54) is 12.1 Å². The zero-order valence-electron chi connectivity index (χ0n) is 16.3. The molecule has 7 heteroatoms. The summed E-state index contributed by atoms with van der Waals surface area (Å²) in [5.41, 5.74) is 1.80. The molecule has 0 amide bonds. The molecule has 2 aliphatic heterocycles. The molecule has 2 unspecified atom stereocenters. The van der Waals surface area contributed by atoms with Gasteiger partial charge in [0.25, 0.3) is 0 Å². The highest BCUT2D eigenvalue weighted by Gasteiger charge is 2.35. The summed E-state index contributed by atoms with van der Waals surface area (Å²) < 4.78 is 52.6. The smallest absolute Gasteiger partial charge is 0.305 e. The minimum absolute atomic E-state index is 0.0844. The van der Waals surface area contributed by atoms with Gasteiger partial charge in [-0.25, -0.2) is 4.39 Å². The summed E-state index contributed by atoms with van der Waals surface area (Å²) in [7, 11) is 1.93. The molecular weight excluding hydrogens is 382 g/mol. The molecule has 3 nitrogen and oxygen atoms in total. The van der Waals surface area contributed by atoms with Gasteiger partial charge >= 0.3 is 6.18 Å². The number of likely N-dealkylation sites (tertiary alicyclic amines) is 2. The lowest BCUT2D eigenvalue weighted by Gasteiger charge is -2.41. The molecule has 0 bridgehead atoms. The number of rotatable bonds is 5. The first kappa shape index (κ1) is 20.3. The van der Waals surface area contributed by atoms with Gasteiger partial charge < -0.3 is 10.2 Å². The number of halogens is 4. The largest absolute Gasteiger partial charge is 0.416 e. The summed E-state index contributed by atoms with van der Waals surface area (Å²) in [5.74, 6) is 0. The van der Waals surface area contributed by atoms with E-state index in [1.54, 1.807) is 6.07 Å². The van der Waals surface area contributed by atoms with Crippen LogP contribution in [0, 0.1) is 0 Å². The molecular formula is C22H25F4N3. The van der Waals surface area contributed by atoms with Crippen molar-refractivity contribution < 1.29 is 17.6 Å². The van der Waals surface area contributed by atoms with Gasteiger partial charge in [-0.15, -0.1) is 0 Å². The van der Waals surface area contributed by atoms with Crippen LogP contribution in [0.3, 0.4) is 0 Å². The molecule has 2 fully saturated rings. The fourth-order valence-corrected chi connectivity index (χ4v) is 4.15. The van der Waals surface area contributed by atoms with Crippen LogP contribution in [0.15, 0.2) is 48.5 Å². The molecule has 1 N–H and O–H groups in total. The summed E-state index contributed by atoms with van der Waals surface area (Å²) in [4.78, 5) is 4.29. The van der Waals surface area contributed by atoms with Crippen LogP contribution in [0.4, 0.5) is 17.6 Å². The topological polar surface area (TPSA) is 18.5 Å². The number of benzene rings is 2. The van der Waals surface area contributed by atoms with Crippen molar-refractivity contribution in [2.45, 2.75) is 31.0 Å². The summed E-state index contributed by atoms with van der Waals surface area (Å²) in [6, 6.07) is 13.3. The van der Waals surface area contributed by atoms with Crippen LogP contribution in [0.2, 0.25) is 0 Å². The zero-order chi connectivity index (χ0) is 20.6. The number of nitrogens with one attached hydrogen (secondary N) is 1. The molecule has 2 saturated heterocycles. The number of alkyl halides is 4. The predicted octanol–water partition coefficient (Wildman–Crippen LogP) is 3.80. The highest BCUT2D eigenvalue weighted by atomic mass is 19.4. The van der Waals surface area contributed by atoms with Gasteiger partial charge in [0.05, 0.1) is 11.6 Å². The summed E-state index contributed by atoms with van der Waals surface area (Å²) in [5, 5.41) is 3.41. The van der Waals surface area contributed by atoms with Gasteiger partial charge in [0.2, 0.25) is 0 Å². The van der Waals surface area contributed by atoms with Gasteiger partial charge in [0.15, 0.2) is 0 Å². The van der Waals surface area contributed by atoms with E-state index in [9.17, 15) is 17.6 Å². The van der Waals surface area contributed by atoms with Crippen LogP contribution >= 0.6 is 0 Å². The van der Waals surface area contributed by atoms with Crippen LogP contribution in [-0.4, -0.2) is 61.3 Å². The van der Waals surface area contributed by atoms with E-state index in [2.05, 4.69) is 10.2 Å². The van der Waals surface area contributed by atoms with Crippen molar-refractivity contribution in [2.24, 2.45) is 0 Å². The Bertz CT molecular complexity index is 831. The standard InChI is InChI=1S/C22H25F4N3/c1-28-13-20(23)21(14-28)27-19-11-29(12-19)10-15-5-7-16(8-6-15)17-3-2-4-18(9-17)22(24,25)26/h2-9,19-21,27H,10-14H2,1H3. The third-order valence-corrected chi connectivity index (χ3v) is 5.72. The molecule has 2 aromatic rings. The number of nitrogens with zero attached hydrogens (tertiary/aromatic N) is 2. The van der Waals surface area contributed by atoms with E-state index in [4.69, 9.17) is 0 Å². The van der Waals surface area contributed by atoms with Crippen LogP contribution in [0.5, 0.6) is 0 Å². The van der Waals surface area contributed by atoms with Gasteiger partial charge in [0, 0.05) is 38.8 Å². The van der Waals surface area contributed by atoms with Gasteiger partial charge in [0.1, 0.15) is 6.17 Å². The van der Waals surface area contributed by atoms with Crippen molar-refractivity contribution in [1.29, 1.82) is 0 Å². The lowest BCUT2D eigenvalue weighted by atomic mass is 10.0. The fourth-order valence-electron chi connectivity index (χ4n) is 4.15. The minimum Gasteiger partial charge on any atom is -0.305 e. The van der Waals surface area contributed by atoms with Gasteiger partial charge in [-0.2, -0.15) is 13.2 Å². The first-order valence-electron chi connectivity index (χ1n) is 9.85. The van der Waals surface area contributed by atoms with Gasteiger partial charge in [-0.3, -0.25) is 4.90 Å². The molecule has 156 valence electrons. The second kappa shape index (κ2) is 8.05. The van der Waals surface area contributed by atoms with Crippen LogP contribution < -0.4 is 5.32 Å². The van der Waals surface area contributed by atoms with Crippen LogP contribution in [0.25, 0.3) is 11.1 Å². The first-order valence-corrected chi connectivity index (χ1v) is 9.85. The van der Waals surface area contributed by atoms with E-state index < -0.39 is 17.9 Å². The van der Waals surface area contributed by atoms with Gasteiger partial charge in [-0.1, -0.05) is 36.4 Å². The monoisotopic (exact) mass is 407 g/mol. The Morgan fingerprint density at radius 3 is 2.31 bits per heavy atom. The van der Waals surface area contributed by atoms with E-state index in [0.717, 1.165) is 43.4 Å². The summed E-state index contributed by atoms with van der Waals surface area (Å²) in [6.07, 6.45) is -5.15. The van der Waals surface area contributed by atoms with Crippen molar-refractivity contribution in [3.8, 4) is 11.1 Å². The lowest BCUT2D eigenvalue weighted by molar-refractivity contribution is -0.137. The zero-order valence-corrected chi connectivity index (χ0v) is 16.3. The molecule has 2 aliphatic rings. The van der Waals surface area contributed by atoms with E-state index >= 15 is 0 Å². The SMILES string of the molecule is CN1CC(F)C(NC2CN(Cc3ccc(-c4cccc(C(F)(F)F)c4)cc3)C2)C1. The molecule has 2 aromatic carbocycles. The van der Waals surface area contributed by atoms with Crippen molar-refractivity contribution in [3.63, 3.8) is 0 Å². The Labute approximate surface area is 168 Å². The molecule has 0 saturated carbocycles. The molecule has 0 aliphatic carbocycles. The number of hydrogen-bond acceptors (Lipinski definition) is 3. The van der Waals surface area contributed by atoms with E-state index in [0.29, 0.717) is 18.2 Å². The Hall–Kier alpha value is -1.96. The maximum Gasteiger partial charge on any atom is 0.416 e. The Morgan fingerprint density at radius 1 is 0.966 bits per heavy atom. The second-order valence-electron chi connectivity index (χ2n) is 8.18. The molecule has 0 spiro atoms. The normalized spacial score (nSPS) is 24.0. The highest BCUT2D eigenvalue weighted by Crippen LogP contribution is 2.32. The quantitative estimate of drug-likeness (QED) is 0.761. The second-order valence-corrected chi connectivity index (χ2v) is 8.18. The summed E-state index contributed by atoms with van der Waals surface area (Å²) in [6.45, 7) is 3.77. The fraction of sp³-hybridized carbons (Fsp3) is 0.455. The van der Waals surface area contributed by atoms with Crippen molar-refractivity contribution in [1.82, 2.24) is 15.1 Å². The molecule has 29 heavy (non-hydrogen) atoms. The average molecular weight is 407 g/mol. The molecule has 2 atom stereocenters. The Balaban J connectivity index is 1.30. The van der Waals surface area contributed by atoms with Crippen LogP contribution in [-0.2, 0) is 12.7 Å². The highest BCUT2D eigenvalue weighted by molar-refractivity contribution is 5.64. The molecule has 0 radical (unpaired) electrons. The van der Waals surface area contributed by atoms with E-state index in [1.807, 2.05) is 36.2 Å². The van der Waals surface area contributed by atoms with E-state index in [-0.39, 0.29) is 6.04 Å². The third-order valence-electron chi connectivity index (χ3n) is 5.72. The van der Waals surface area contributed by atoms with Crippen molar-refractivity contribution in [3.05, 3.63) is 59.7 Å². The maximum atomic E-state index is 13.9. The first-order chi connectivity index (χ1) is 13.8. The molecule has 0 aromatic heterocycles. The number of hydrogen-bond donors (Lipinski definition) is 1. The Kier molecular flexibility index (Phi) is 5.64. The molecule has 2 heterocycles. The lowest BCUT2D eigenvalue weighted by Crippen LogP contribution is -2.61. The number of likely N-dealkylation sites (N-methyl/N-ethyl adjacent to an activating group) is 1. The minimum atomic E-state index is -4.34. The maximum absolute atomic E-state index is 13.9. The average Bonchev–Trinajstić information content (AvgIpc) is 2.97. The Morgan fingerprint density at radius 2 is 1.69 bits per heavy atom. The molecule has 4 rings (SSSR count). The van der Waals surface area contributed by atoms with Crippen LogP contribution in [0.1, 0.15) is 11.1 Å². The van der Waals surface area contributed by atoms with Gasteiger partial charge in [-0.05, 0) is 35.9 Å². The van der Waals surface area contributed by atoms with Crippen molar-refractivity contribution >= 4 is 0 Å². The summed E-state index contributed by atoms with van der Waals surface area (Å²) >= 11 is 0. The van der Waals surface area contributed by atoms with Crippen molar-refractivity contribution in [2.75, 3.05) is 33.2 Å². The third kappa shape index (κ3) is 4.79. The predicted molar refractivity (Wildman–Crippen MR) is 105 cm³/mol.